The number of fused-ring (bicyclic) bond motifs is 1. The lowest BCUT2D eigenvalue weighted by Gasteiger charge is -2.10. The lowest BCUT2D eigenvalue weighted by molar-refractivity contribution is 1.12. The van der Waals surface area contributed by atoms with Crippen LogP contribution in [-0.4, -0.2) is 15.0 Å². The summed E-state index contributed by atoms with van der Waals surface area (Å²) in [5.74, 6) is 0.572. The van der Waals surface area contributed by atoms with Crippen LogP contribution in [0.3, 0.4) is 0 Å². The number of nitrogens with two attached hydrogens (primary N) is 2. The average Bonchev–Trinajstić information content (AvgIpc) is 2.70. The first-order chi connectivity index (χ1) is 12.8. The van der Waals surface area contributed by atoms with Crippen molar-refractivity contribution in [3.63, 3.8) is 0 Å². The third-order valence-corrected chi connectivity index (χ3v) is 4.24. The first-order valence-electron chi connectivity index (χ1n) is 8.20. The third-order valence-electron chi connectivity index (χ3n) is 4.24. The summed E-state index contributed by atoms with van der Waals surface area (Å²) >= 11 is 0. The number of para-hydroxylation sites is 1. The minimum absolute atomic E-state index is 0.572. The Bertz CT molecular complexity index is 1080. The van der Waals surface area contributed by atoms with Gasteiger partial charge in [0.05, 0.1) is 5.52 Å². The molecule has 0 aliphatic rings. The molecule has 0 unspecified atom stereocenters. The van der Waals surface area contributed by atoms with E-state index in [-0.39, 0.29) is 0 Å². The summed E-state index contributed by atoms with van der Waals surface area (Å²) in [4.78, 5) is 13.4. The summed E-state index contributed by atoms with van der Waals surface area (Å²) in [5.41, 5.74) is 16.9. The van der Waals surface area contributed by atoms with Crippen LogP contribution < -0.4 is 11.5 Å². The van der Waals surface area contributed by atoms with Crippen LogP contribution in [0.4, 0.5) is 5.69 Å². The standard InChI is InChI=1S/C21H17N5/c22-11-19(17-9-10-24-20-4-2-1-3-18(17)20)21-25-12-15(13-26-21)14-5-7-16(23)8-6-14/h1-13H,22-23H2. The zero-order chi connectivity index (χ0) is 17.9. The summed E-state index contributed by atoms with van der Waals surface area (Å²) in [7, 11) is 0. The van der Waals surface area contributed by atoms with Crippen LogP contribution in [0.1, 0.15) is 11.4 Å². The predicted octanol–water partition coefficient (Wildman–Crippen LogP) is 3.62. The molecule has 0 atom stereocenters. The number of hydrogen-bond donors (Lipinski definition) is 2. The second-order valence-corrected chi connectivity index (χ2v) is 5.87. The number of aromatic nitrogens is 3. The maximum atomic E-state index is 5.92. The highest BCUT2D eigenvalue weighted by Gasteiger charge is 2.12. The van der Waals surface area contributed by atoms with E-state index in [0.717, 1.165) is 38.9 Å². The zero-order valence-electron chi connectivity index (χ0n) is 14.0. The first kappa shape index (κ1) is 15.8. The van der Waals surface area contributed by atoms with Gasteiger partial charge in [0, 0.05) is 47.0 Å². The number of anilines is 1. The van der Waals surface area contributed by atoms with Crippen molar-refractivity contribution in [3.8, 4) is 11.1 Å². The van der Waals surface area contributed by atoms with Gasteiger partial charge >= 0.3 is 0 Å². The fourth-order valence-corrected chi connectivity index (χ4v) is 2.91. The summed E-state index contributed by atoms with van der Waals surface area (Å²) in [6, 6.07) is 17.5. The quantitative estimate of drug-likeness (QED) is 0.556. The van der Waals surface area contributed by atoms with Crippen molar-refractivity contribution in [1.82, 2.24) is 15.0 Å². The van der Waals surface area contributed by atoms with Gasteiger partial charge in [-0.25, -0.2) is 9.97 Å². The van der Waals surface area contributed by atoms with Crippen molar-refractivity contribution in [2.75, 3.05) is 5.73 Å². The van der Waals surface area contributed by atoms with Crippen LogP contribution in [0.5, 0.6) is 0 Å². The fourth-order valence-electron chi connectivity index (χ4n) is 2.91. The molecule has 0 spiro atoms. The molecular formula is C21H17N5. The molecule has 0 saturated heterocycles. The minimum Gasteiger partial charge on any atom is -0.404 e. The van der Waals surface area contributed by atoms with Gasteiger partial charge in [-0.1, -0.05) is 30.3 Å². The smallest absolute Gasteiger partial charge is 0.161 e. The number of hydrogen-bond acceptors (Lipinski definition) is 5. The molecule has 0 bridgehead atoms. The molecule has 4 N–H and O–H groups in total. The van der Waals surface area contributed by atoms with E-state index in [1.807, 2.05) is 54.6 Å². The normalized spacial score (nSPS) is 11.6. The van der Waals surface area contributed by atoms with E-state index in [0.29, 0.717) is 5.82 Å². The van der Waals surface area contributed by atoms with E-state index in [4.69, 9.17) is 11.5 Å². The van der Waals surface area contributed by atoms with Crippen molar-refractivity contribution < 1.29 is 0 Å². The largest absolute Gasteiger partial charge is 0.404 e. The number of nitrogens with zero attached hydrogens (tertiary/aromatic N) is 3. The van der Waals surface area contributed by atoms with E-state index in [2.05, 4.69) is 15.0 Å². The fraction of sp³-hybridized carbons (Fsp3) is 0. The lowest BCUT2D eigenvalue weighted by Crippen LogP contribution is -2.00. The maximum Gasteiger partial charge on any atom is 0.161 e. The van der Waals surface area contributed by atoms with Crippen molar-refractivity contribution in [2.24, 2.45) is 5.73 Å². The lowest BCUT2D eigenvalue weighted by atomic mass is 10.0. The van der Waals surface area contributed by atoms with Crippen LogP contribution in [0.15, 0.2) is 79.4 Å². The van der Waals surface area contributed by atoms with Crippen LogP contribution in [-0.2, 0) is 0 Å². The van der Waals surface area contributed by atoms with Gasteiger partial charge in [0.2, 0.25) is 0 Å². The van der Waals surface area contributed by atoms with E-state index in [1.165, 1.54) is 0 Å². The Morgan fingerprint density at radius 3 is 2.27 bits per heavy atom. The van der Waals surface area contributed by atoms with E-state index < -0.39 is 0 Å². The minimum atomic E-state index is 0.572. The predicted molar refractivity (Wildman–Crippen MR) is 105 cm³/mol. The van der Waals surface area contributed by atoms with Crippen molar-refractivity contribution in [1.29, 1.82) is 0 Å². The number of benzene rings is 2. The molecule has 0 fully saturated rings. The monoisotopic (exact) mass is 339 g/mol. The highest BCUT2D eigenvalue weighted by molar-refractivity contribution is 5.94. The topological polar surface area (TPSA) is 90.7 Å². The van der Waals surface area contributed by atoms with Crippen molar-refractivity contribution >= 4 is 22.2 Å². The van der Waals surface area contributed by atoms with Crippen LogP contribution in [0.25, 0.3) is 27.6 Å². The number of pyridine rings is 1. The van der Waals surface area contributed by atoms with Gasteiger partial charge in [-0.05, 0) is 35.4 Å². The highest BCUT2D eigenvalue weighted by atomic mass is 14.9. The van der Waals surface area contributed by atoms with Crippen LogP contribution >= 0.6 is 0 Å². The summed E-state index contributed by atoms with van der Waals surface area (Å²) in [5, 5.41) is 1.01. The van der Waals surface area contributed by atoms with Gasteiger partial charge in [-0.2, -0.15) is 0 Å². The zero-order valence-corrected chi connectivity index (χ0v) is 14.0. The van der Waals surface area contributed by atoms with Gasteiger partial charge < -0.3 is 11.5 Å². The van der Waals surface area contributed by atoms with Crippen molar-refractivity contribution in [3.05, 3.63) is 90.8 Å². The van der Waals surface area contributed by atoms with Crippen LogP contribution in [0.2, 0.25) is 0 Å². The molecule has 2 aromatic heterocycles. The van der Waals surface area contributed by atoms with Gasteiger partial charge in [0.25, 0.3) is 0 Å². The Morgan fingerprint density at radius 1 is 0.808 bits per heavy atom. The molecule has 2 heterocycles. The molecule has 0 amide bonds. The molecule has 0 aliphatic heterocycles. The molecule has 26 heavy (non-hydrogen) atoms. The second kappa shape index (κ2) is 6.64. The van der Waals surface area contributed by atoms with E-state index in [1.54, 1.807) is 24.8 Å². The van der Waals surface area contributed by atoms with Crippen molar-refractivity contribution in [2.45, 2.75) is 0 Å². The molecule has 0 saturated carbocycles. The van der Waals surface area contributed by atoms with Gasteiger partial charge in [0.15, 0.2) is 5.82 Å². The molecule has 5 nitrogen and oxygen atoms in total. The van der Waals surface area contributed by atoms with Gasteiger partial charge in [-0.15, -0.1) is 0 Å². The Balaban J connectivity index is 1.74. The Labute approximate surface area is 151 Å². The van der Waals surface area contributed by atoms with E-state index in [9.17, 15) is 0 Å². The molecule has 4 rings (SSSR count). The molecule has 2 aromatic carbocycles. The molecule has 0 radical (unpaired) electrons. The van der Waals surface area contributed by atoms with E-state index >= 15 is 0 Å². The third kappa shape index (κ3) is 2.86. The summed E-state index contributed by atoms with van der Waals surface area (Å²) < 4.78 is 0. The maximum absolute atomic E-state index is 5.92. The molecular weight excluding hydrogens is 322 g/mol. The summed E-state index contributed by atoms with van der Waals surface area (Å²) in [6.45, 7) is 0. The molecule has 5 heteroatoms. The van der Waals surface area contributed by atoms with Gasteiger partial charge in [-0.3, -0.25) is 4.98 Å². The van der Waals surface area contributed by atoms with Crippen LogP contribution in [0, 0.1) is 0 Å². The molecule has 0 aliphatic carbocycles. The molecule has 126 valence electrons. The Kier molecular flexibility index (Phi) is 4.03. The SMILES string of the molecule is NC=C(c1ncc(-c2ccc(N)cc2)cn1)c1ccnc2ccccc12. The number of rotatable bonds is 3. The average molecular weight is 339 g/mol. The summed E-state index contributed by atoms with van der Waals surface area (Å²) in [6.07, 6.45) is 6.89. The highest BCUT2D eigenvalue weighted by Crippen LogP contribution is 2.27. The Hall–Kier alpha value is -3.73. The first-order valence-corrected chi connectivity index (χ1v) is 8.20. The Morgan fingerprint density at radius 2 is 1.54 bits per heavy atom. The second-order valence-electron chi connectivity index (χ2n) is 5.87. The molecule has 4 aromatic rings. The van der Waals surface area contributed by atoms with Gasteiger partial charge in [0.1, 0.15) is 0 Å². The number of nitrogen functional groups attached to an aromatic ring is 1.